The topological polar surface area (TPSA) is 99.5 Å². The van der Waals surface area contributed by atoms with Gasteiger partial charge in [0.05, 0.1) is 16.9 Å². The van der Waals surface area contributed by atoms with E-state index in [9.17, 15) is 14.7 Å². The first-order valence-electron chi connectivity index (χ1n) is 6.48. The lowest BCUT2D eigenvalue weighted by Gasteiger charge is -2.22. The number of rotatable bonds is 6. The number of carbonyl (C=O) groups is 2. The molecule has 0 aromatic carbocycles. The van der Waals surface area contributed by atoms with Gasteiger partial charge in [-0.15, -0.1) is 0 Å². The summed E-state index contributed by atoms with van der Waals surface area (Å²) in [5.41, 5.74) is -0.467. The van der Waals surface area contributed by atoms with Crippen molar-refractivity contribution < 1.29 is 19.8 Å². The highest BCUT2D eigenvalue weighted by molar-refractivity contribution is 5.94. The van der Waals surface area contributed by atoms with Crippen molar-refractivity contribution in [2.75, 3.05) is 6.54 Å². The number of aromatic carboxylic acids is 1. The Morgan fingerprint density at radius 2 is 2.05 bits per heavy atom. The van der Waals surface area contributed by atoms with Crippen LogP contribution in [0.4, 0.5) is 0 Å². The van der Waals surface area contributed by atoms with Crippen molar-refractivity contribution in [3.8, 4) is 0 Å². The third-order valence-electron chi connectivity index (χ3n) is 2.97. The highest BCUT2D eigenvalue weighted by Crippen LogP contribution is 2.11. The summed E-state index contributed by atoms with van der Waals surface area (Å²) in [5.74, 6) is -1.51. The van der Waals surface area contributed by atoms with E-state index >= 15 is 0 Å². The van der Waals surface area contributed by atoms with Crippen LogP contribution < -0.4 is 5.32 Å². The Balaban J connectivity index is 2.74. The number of aliphatic hydroxyl groups is 1. The molecule has 0 saturated carbocycles. The molecule has 1 heterocycles. The van der Waals surface area contributed by atoms with Crippen molar-refractivity contribution in [2.24, 2.45) is 0 Å². The minimum absolute atomic E-state index is 0.0690. The molecule has 6 nitrogen and oxygen atoms in total. The molecule has 0 fully saturated rings. The van der Waals surface area contributed by atoms with Gasteiger partial charge in [0.1, 0.15) is 5.69 Å². The molecule has 6 heteroatoms. The van der Waals surface area contributed by atoms with E-state index in [1.54, 1.807) is 6.92 Å². The van der Waals surface area contributed by atoms with Gasteiger partial charge in [-0.05, 0) is 32.4 Å². The first-order chi connectivity index (χ1) is 9.26. The summed E-state index contributed by atoms with van der Waals surface area (Å²) in [5, 5.41) is 21.5. The third-order valence-corrected chi connectivity index (χ3v) is 2.97. The number of pyridine rings is 1. The van der Waals surface area contributed by atoms with Crippen molar-refractivity contribution in [3.05, 3.63) is 29.1 Å². The second kappa shape index (κ2) is 6.47. The Morgan fingerprint density at radius 3 is 2.55 bits per heavy atom. The minimum Gasteiger partial charge on any atom is -0.478 e. The number of carboxylic acids is 1. The van der Waals surface area contributed by atoms with Crippen LogP contribution in [-0.2, 0) is 0 Å². The van der Waals surface area contributed by atoms with Gasteiger partial charge in [0.15, 0.2) is 0 Å². The molecule has 0 spiro atoms. The average Bonchev–Trinajstić information content (AvgIpc) is 2.35. The average molecular weight is 280 g/mol. The maximum absolute atomic E-state index is 11.9. The fourth-order valence-electron chi connectivity index (χ4n) is 1.90. The minimum atomic E-state index is -1.08. The fourth-order valence-corrected chi connectivity index (χ4v) is 1.90. The molecule has 1 rings (SSSR count). The van der Waals surface area contributed by atoms with E-state index in [4.69, 9.17) is 5.11 Å². The van der Waals surface area contributed by atoms with E-state index in [0.29, 0.717) is 6.42 Å². The van der Waals surface area contributed by atoms with Gasteiger partial charge in [-0.1, -0.05) is 13.3 Å². The Bertz CT molecular complexity index is 512. The summed E-state index contributed by atoms with van der Waals surface area (Å²) in [7, 11) is 0. The van der Waals surface area contributed by atoms with E-state index in [2.05, 4.69) is 10.3 Å². The van der Waals surface area contributed by atoms with Crippen LogP contribution in [-0.4, -0.2) is 39.2 Å². The maximum Gasteiger partial charge on any atom is 0.337 e. The maximum atomic E-state index is 11.9. The molecule has 1 aromatic heterocycles. The molecule has 0 bridgehead atoms. The Kier molecular flexibility index (Phi) is 5.21. The summed E-state index contributed by atoms with van der Waals surface area (Å²) in [6.45, 7) is 5.27. The van der Waals surface area contributed by atoms with Crippen LogP contribution in [0.15, 0.2) is 12.1 Å². The van der Waals surface area contributed by atoms with Crippen LogP contribution in [0.5, 0.6) is 0 Å². The second-order valence-electron chi connectivity index (χ2n) is 5.06. The molecule has 1 amide bonds. The number of carbonyl (C=O) groups excluding carboxylic acids is 1. The van der Waals surface area contributed by atoms with Gasteiger partial charge < -0.3 is 15.5 Å². The molecule has 0 radical (unpaired) electrons. The van der Waals surface area contributed by atoms with Gasteiger partial charge in [-0.2, -0.15) is 0 Å². The Morgan fingerprint density at radius 1 is 1.40 bits per heavy atom. The molecule has 3 N–H and O–H groups in total. The van der Waals surface area contributed by atoms with Crippen molar-refractivity contribution in [3.63, 3.8) is 0 Å². The van der Waals surface area contributed by atoms with Gasteiger partial charge in [-0.3, -0.25) is 4.79 Å². The monoisotopic (exact) mass is 280 g/mol. The highest BCUT2D eigenvalue weighted by atomic mass is 16.4. The normalized spacial score (nSPS) is 13.6. The number of aryl methyl sites for hydroxylation is 1. The van der Waals surface area contributed by atoms with Gasteiger partial charge >= 0.3 is 5.97 Å². The van der Waals surface area contributed by atoms with Crippen molar-refractivity contribution in [1.29, 1.82) is 0 Å². The van der Waals surface area contributed by atoms with Crippen LogP contribution in [0.25, 0.3) is 0 Å². The van der Waals surface area contributed by atoms with Gasteiger partial charge in [0.2, 0.25) is 0 Å². The molecule has 110 valence electrons. The van der Waals surface area contributed by atoms with Crippen LogP contribution in [0.2, 0.25) is 0 Å². The van der Waals surface area contributed by atoms with Crippen LogP contribution in [0.3, 0.4) is 0 Å². The van der Waals surface area contributed by atoms with Crippen molar-refractivity contribution >= 4 is 11.9 Å². The third kappa shape index (κ3) is 4.31. The quantitative estimate of drug-likeness (QED) is 0.730. The lowest BCUT2D eigenvalue weighted by molar-refractivity contribution is 0.0468. The van der Waals surface area contributed by atoms with Gasteiger partial charge in [-0.25, -0.2) is 9.78 Å². The highest BCUT2D eigenvalue weighted by Gasteiger charge is 2.21. The Labute approximate surface area is 117 Å². The van der Waals surface area contributed by atoms with Crippen LogP contribution >= 0.6 is 0 Å². The summed E-state index contributed by atoms with van der Waals surface area (Å²) < 4.78 is 0. The summed E-state index contributed by atoms with van der Waals surface area (Å²) in [6, 6.07) is 2.71. The number of hydrogen-bond donors (Lipinski definition) is 3. The number of aromatic nitrogens is 1. The van der Waals surface area contributed by atoms with Gasteiger partial charge in [0.25, 0.3) is 5.91 Å². The lowest BCUT2D eigenvalue weighted by Crippen LogP contribution is -2.40. The Hall–Kier alpha value is -1.95. The zero-order valence-corrected chi connectivity index (χ0v) is 11.9. The standard InChI is InChI=1S/C14H20N2O4/c1-4-7-14(3,20)8-15-12(17)11-6-5-10(13(18)19)9(2)16-11/h5-6,20H,4,7-8H2,1-3H3,(H,15,17)(H,18,19). The molecular formula is C14H20N2O4. The SMILES string of the molecule is CCCC(C)(O)CNC(=O)c1ccc(C(=O)O)c(C)n1. The van der Waals surface area contributed by atoms with E-state index in [0.717, 1.165) is 6.42 Å². The summed E-state index contributed by atoms with van der Waals surface area (Å²) >= 11 is 0. The first-order valence-corrected chi connectivity index (χ1v) is 6.48. The number of nitrogens with one attached hydrogen (secondary N) is 1. The molecule has 1 atom stereocenters. The molecule has 1 aromatic rings. The fraction of sp³-hybridized carbons (Fsp3) is 0.500. The molecule has 0 aliphatic carbocycles. The van der Waals surface area contributed by atoms with E-state index in [-0.39, 0.29) is 23.5 Å². The van der Waals surface area contributed by atoms with E-state index < -0.39 is 17.5 Å². The number of nitrogens with zero attached hydrogens (tertiary/aromatic N) is 1. The number of carboxylic acid groups (broad SMARTS) is 1. The predicted molar refractivity (Wildman–Crippen MR) is 73.8 cm³/mol. The molecule has 0 aliphatic rings. The zero-order valence-electron chi connectivity index (χ0n) is 11.9. The molecule has 1 unspecified atom stereocenters. The zero-order chi connectivity index (χ0) is 15.3. The van der Waals surface area contributed by atoms with Crippen molar-refractivity contribution in [1.82, 2.24) is 10.3 Å². The predicted octanol–water partition coefficient (Wildman–Crippen LogP) is 1.37. The largest absolute Gasteiger partial charge is 0.478 e. The van der Waals surface area contributed by atoms with E-state index in [1.165, 1.54) is 19.1 Å². The molecular weight excluding hydrogens is 260 g/mol. The van der Waals surface area contributed by atoms with Crippen LogP contribution in [0, 0.1) is 6.92 Å². The van der Waals surface area contributed by atoms with Crippen molar-refractivity contribution in [2.45, 2.75) is 39.2 Å². The summed E-state index contributed by atoms with van der Waals surface area (Å²) in [4.78, 5) is 26.7. The van der Waals surface area contributed by atoms with Gasteiger partial charge in [0, 0.05) is 6.54 Å². The first kappa shape index (κ1) is 16.1. The van der Waals surface area contributed by atoms with E-state index in [1.807, 2.05) is 6.92 Å². The molecule has 0 saturated heterocycles. The second-order valence-corrected chi connectivity index (χ2v) is 5.06. The van der Waals surface area contributed by atoms with Crippen LogP contribution in [0.1, 0.15) is 53.2 Å². The smallest absolute Gasteiger partial charge is 0.337 e. The number of amides is 1. The number of hydrogen-bond acceptors (Lipinski definition) is 4. The molecule has 0 aliphatic heterocycles. The lowest BCUT2D eigenvalue weighted by atomic mass is 10.0. The molecule has 20 heavy (non-hydrogen) atoms. The summed E-state index contributed by atoms with van der Waals surface area (Å²) in [6.07, 6.45) is 1.39.